The van der Waals surface area contributed by atoms with Crippen LogP contribution < -0.4 is 4.72 Å². The van der Waals surface area contributed by atoms with Gasteiger partial charge in [0.2, 0.25) is 10.0 Å². The van der Waals surface area contributed by atoms with Gasteiger partial charge in [0.25, 0.3) is 0 Å². The average molecular weight is 302 g/mol. The molecule has 0 fully saturated rings. The lowest BCUT2D eigenvalue weighted by Gasteiger charge is -2.06. The van der Waals surface area contributed by atoms with E-state index in [1.165, 1.54) is 11.3 Å². The molecule has 0 aliphatic heterocycles. The smallest absolute Gasteiger partial charge is 0.244 e. The number of aliphatic hydroxyl groups is 1. The molecule has 0 saturated heterocycles. The Balaban J connectivity index is 2.07. The van der Waals surface area contributed by atoms with Gasteiger partial charge in [0.05, 0.1) is 17.3 Å². The van der Waals surface area contributed by atoms with Crippen molar-refractivity contribution in [1.29, 1.82) is 0 Å². The predicted molar refractivity (Wildman–Crippen MR) is 70.3 cm³/mol. The number of aliphatic hydroxyl groups excluding tert-OH is 1. The van der Waals surface area contributed by atoms with Crippen LogP contribution in [0.3, 0.4) is 0 Å². The number of aromatic nitrogens is 3. The van der Waals surface area contributed by atoms with Gasteiger partial charge in [-0.05, 0) is 6.92 Å². The molecule has 2 aromatic heterocycles. The molecule has 2 rings (SSSR count). The molecular formula is C10H14N4O3S2. The van der Waals surface area contributed by atoms with Crippen LogP contribution in [-0.2, 0) is 23.1 Å². The van der Waals surface area contributed by atoms with Gasteiger partial charge < -0.3 is 5.11 Å². The molecule has 0 spiro atoms. The third-order valence-electron chi connectivity index (χ3n) is 2.49. The van der Waals surface area contributed by atoms with Gasteiger partial charge >= 0.3 is 0 Å². The van der Waals surface area contributed by atoms with Gasteiger partial charge in [-0.1, -0.05) is 0 Å². The molecular weight excluding hydrogens is 288 g/mol. The Morgan fingerprint density at radius 2 is 2.32 bits per heavy atom. The Labute approximate surface area is 114 Å². The lowest BCUT2D eigenvalue weighted by atomic mass is 10.4. The molecule has 0 atom stereocenters. The normalized spacial score (nSPS) is 11.9. The van der Waals surface area contributed by atoms with Crippen LogP contribution in [0.15, 0.2) is 16.5 Å². The Hall–Kier alpha value is -1.29. The second-order valence-electron chi connectivity index (χ2n) is 3.86. The molecule has 0 aromatic carbocycles. The van der Waals surface area contributed by atoms with Crippen molar-refractivity contribution in [2.45, 2.75) is 24.8 Å². The number of hydrogen-bond donors (Lipinski definition) is 3. The number of nitrogens with one attached hydrogen (secondary N) is 2. The van der Waals surface area contributed by atoms with Gasteiger partial charge in [-0.3, -0.25) is 5.10 Å². The van der Waals surface area contributed by atoms with Crippen molar-refractivity contribution in [1.82, 2.24) is 19.9 Å². The van der Waals surface area contributed by atoms with Crippen LogP contribution in [0.2, 0.25) is 0 Å². The maximum absolute atomic E-state index is 12.1. The SMILES string of the molecule is Cc1[nH]nc(CO)c1S(=O)(=O)NCCc1nccs1. The van der Waals surface area contributed by atoms with Crippen LogP contribution in [0.1, 0.15) is 16.4 Å². The summed E-state index contributed by atoms with van der Waals surface area (Å²) >= 11 is 1.48. The minimum absolute atomic E-state index is 0.0224. The van der Waals surface area contributed by atoms with Crippen molar-refractivity contribution in [2.24, 2.45) is 0 Å². The molecule has 0 amide bonds. The summed E-state index contributed by atoms with van der Waals surface area (Å²) < 4.78 is 26.7. The zero-order valence-electron chi connectivity index (χ0n) is 10.3. The molecule has 0 radical (unpaired) electrons. The third kappa shape index (κ3) is 3.18. The number of aryl methyl sites for hydroxylation is 1. The number of thiazole rings is 1. The average Bonchev–Trinajstić information content (AvgIpc) is 2.98. The molecule has 0 saturated carbocycles. The number of nitrogens with zero attached hydrogens (tertiary/aromatic N) is 2. The van der Waals surface area contributed by atoms with Crippen molar-refractivity contribution in [3.05, 3.63) is 28.0 Å². The van der Waals surface area contributed by atoms with Crippen molar-refractivity contribution in [3.63, 3.8) is 0 Å². The molecule has 9 heteroatoms. The summed E-state index contributed by atoms with van der Waals surface area (Å²) in [5.74, 6) is 0. The summed E-state index contributed by atoms with van der Waals surface area (Å²) in [5.41, 5.74) is 0.532. The van der Waals surface area contributed by atoms with E-state index in [0.717, 1.165) is 5.01 Å². The van der Waals surface area contributed by atoms with Gasteiger partial charge in [0.15, 0.2) is 0 Å². The van der Waals surface area contributed by atoms with Crippen LogP contribution in [0, 0.1) is 6.92 Å². The fraction of sp³-hybridized carbons (Fsp3) is 0.400. The number of hydrogen-bond acceptors (Lipinski definition) is 6. The van der Waals surface area contributed by atoms with Crippen LogP contribution in [0.4, 0.5) is 0 Å². The Kier molecular flexibility index (Phi) is 4.30. The molecule has 2 heterocycles. The van der Waals surface area contributed by atoms with E-state index >= 15 is 0 Å². The van der Waals surface area contributed by atoms with Gasteiger partial charge in [-0.2, -0.15) is 5.10 Å². The Bertz CT molecular complexity index is 634. The van der Waals surface area contributed by atoms with Gasteiger partial charge in [0, 0.05) is 24.5 Å². The molecule has 0 aliphatic carbocycles. The van der Waals surface area contributed by atoms with Gasteiger partial charge in [0.1, 0.15) is 10.6 Å². The first kappa shape index (κ1) is 14.1. The van der Waals surface area contributed by atoms with Crippen LogP contribution in [0.25, 0.3) is 0 Å². The van der Waals surface area contributed by atoms with Crippen LogP contribution in [0.5, 0.6) is 0 Å². The number of sulfonamides is 1. The lowest BCUT2D eigenvalue weighted by molar-refractivity contribution is 0.273. The lowest BCUT2D eigenvalue weighted by Crippen LogP contribution is -2.27. The predicted octanol–water partition coefficient (Wildman–Crippen LogP) is 0.188. The minimum Gasteiger partial charge on any atom is -0.390 e. The minimum atomic E-state index is -3.67. The van der Waals surface area contributed by atoms with Crippen molar-refractivity contribution in [3.8, 4) is 0 Å². The maximum Gasteiger partial charge on any atom is 0.244 e. The standard InChI is InChI=1S/C10H14N4O3S2/c1-7-10(8(6-15)14-13-7)19(16,17)12-3-2-9-11-4-5-18-9/h4-5,12,15H,2-3,6H2,1H3,(H,13,14). The molecule has 0 unspecified atom stereocenters. The van der Waals surface area contributed by atoms with Crippen molar-refractivity contribution >= 4 is 21.4 Å². The molecule has 7 nitrogen and oxygen atoms in total. The van der Waals surface area contributed by atoms with Crippen molar-refractivity contribution in [2.75, 3.05) is 6.54 Å². The summed E-state index contributed by atoms with van der Waals surface area (Å²) in [7, 11) is -3.67. The fourth-order valence-corrected chi connectivity index (χ4v) is 3.68. The van der Waals surface area contributed by atoms with Crippen molar-refractivity contribution < 1.29 is 13.5 Å². The van der Waals surface area contributed by atoms with E-state index in [9.17, 15) is 8.42 Å². The summed E-state index contributed by atoms with van der Waals surface area (Å²) in [6, 6.07) is 0. The highest BCUT2D eigenvalue weighted by atomic mass is 32.2. The second-order valence-corrected chi connectivity index (χ2v) is 6.54. The first-order valence-corrected chi connectivity index (χ1v) is 7.93. The zero-order valence-corrected chi connectivity index (χ0v) is 11.9. The summed E-state index contributed by atoms with van der Waals surface area (Å²) in [6.07, 6.45) is 2.21. The fourth-order valence-electron chi connectivity index (χ4n) is 1.67. The second kappa shape index (κ2) is 5.78. The van der Waals surface area contributed by atoms with Gasteiger partial charge in [-0.25, -0.2) is 18.1 Å². The Morgan fingerprint density at radius 1 is 1.53 bits per heavy atom. The summed E-state index contributed by atoms with van der Waals surface area (Å²) in [5, 5.41) is 18.1. The first-order valence-electron chi connectivity index (χ1n) is 5.57. The number of rotatable bonds is 6. The first-order chi connectivity index (χ1) is 9.04. The third-order valence-corrected chi connectivity index (χ3v) is 5.00. The van der Waals surface area contributed by atoms with Crippen LogP contribution in [-0.4, -0.2) is 35.3 Å². The summed E-state index contributed by atoms with van der Waals surface area (Å²) in [4.78, 5) is 4.10. The highest BCUT2D eigenvalue weighted by Gasteiger charge is 2.23. The number of aromatic amines is 1. The van der Waals surface area contributed by atoms with E-state index in [1.54, 1.807) is 13.1 Å². The summed E-state index contributed by atoms with van der Waals surface area (Å²) in [6.45, 7) is 1.43. The van der Waals surface area contributed by atoms with E-state index in [0.29, 0.717) is 12.1 Å². The van der Waals surface area contributed by atoms with E-state index in [4.69, 9.17) is 5.11 Å². The van der Waals surface area contributed by atoms with E-state index in [1.807, 2.05) is 5.38 Å². The molecule has 0 aliphatic rings. The molecule has 0 bridgehead atoms. The Morgan fingerprint density at radius 3 is 2.95 bits per heavy atom. The van der Waals surface area contributed by atoms with Crippen LogP contribution >= 0.6 is 11.3 Å². The molecule has 3 N–H and O–H groups in total. The quantitative estimate of drug-likeness (QED) is 0.706. The number of H-pyrrole nitrogens is 1. The monoisotopic (exact) mass is 302 g/mol. The largest absolute Gasteiger partial charge is 0.390 e. The van der Waals surface area contributed by atoms with E-state index in [-0.39, 0.29) is 17.1 Å². The molecule has 2 aromatic rings. The topological polar surface area (TPSA) is 108 Å². The molecule has 104 valence electrons. The van der Waals surface area contributed by atoms with E-state index < -0.39 is 16.6 Å². The maximum atomic E-state index is 12.1. The van der Waals surface area contributed by atoms with Gasteiger partial charge in [-0.15, -0.1) is 11.3 Å². The zero-order chi connectivity index (χ0) is 13.9. The molecule has 19 heavy (non-hydrogen) atoms. The highest BCUT2D eigenvalue weighted by Crippen LogP contribution is 2.17. The van der Waals surface area contributed by atoms with E-state index in [2.05, 4.69) is 19.9 Å². The highest BCUT2D eigenvalue weighted by molar-refractivity contribution is 7.89.